The number of amides is 1. The largest absolute Gasteiger partial charge is 0.339 e. The van der Waals surface area contributed by atoms with Gasteiger partial charge in [0.25, 0.3) is 0 Å². The van der Waals surface area contributed by atoms with Crippen LogP contribution in [-0.2, 0) is 4.79 Å². The van der Waals surface area contributed by atoms with Crippen molar-refractivity contribution < 1.29 is 4.79 Å². The maximum absolute atomic E-state index is 12.6. The first kappa shape index (κ1) is 13.8. The third-order valence-electron chi connectivity index (χ3n) is 4.29. The van der Waals surface area contributed by atoms with E-state index in [1.54, 1.807) is 0 Å². The molecule has 18 heavy (non-hydrogen) atoms. The summed E-state index contributed by atoms with van der Waals surface area (Å²) in [5, 5.41) is 3.42. The Morgan fingerprint density at radius 2 is 1.94 bits per heavy atom. The van der Waals surface area contributed by atoms with E-state index in [2.05, 4.69) is 29.0 Å². The Bertz CT molecular complexity index is 279. The summed E-state index contributed by atoms with van der Waals surface area (Å²) in [5.41, 5.74) is -0.300. The molecule has 2 aliphatic heterocycles. The Morgan fingerprint density at radius 1 is 1.22 bits per heavy atom. The molecule has 104 valence electrons. The molecule has 0 aromatic rings. The SMILES string of the molecule is CCCN1CCN(C(=O)C2(C)CCCCN2)CC1. The molecule has 4 heteroatoms. The molecule has 0 spiro atoms. The van der Waals surface area contributed by atoms with Gasteiger partial charge in [0.1, 0.15) is 0 Å². The molecule has 0 aromatic carbocycles. The average molecular weight is 253 g/mol. The topological polar surface area (TPSA) is 35.6 Å². The van der Waals surface area contributed by atoms with Crippen molar-refractivity contribution in [3.63, 3.8) is 0 Å². The highest BCUT2D eigenvalue weighted by Gasteiger charge is 2.38. The molecule has 1 unspecified atom stereocenters. The van der Waals surface area contributed by atoms with E-state index in [1.807, 2.05) is 0 Å². The van der Waals surface area contributed by atoms with Crippen molar-refractivity contribution in [2.45, 2.75) is 45.1 Å². The quantitative estimate of drug-likeness (QED) is 0.817. The Balaban J connectivity index is 1.86. The van der Waals surface area contributed by atoms with Gasteiger partial charge in [-0.05, 0) is 45.7 Å². The van der Waals surface area contributed by atoms with Crippen LogP contribution in [0.5, 0.6) is 0 Å². The van der Waals surface area contributed by atoms with Crippen LogP contribution in [0.4, 0.5) is 0 Å². The van der Waals surface area contributed by atoms with E-state index in [9.17, 15) is 4.79 Å². The molecule has 1 amide bonds. The van der Waals surface area contributed by atoms with Crippen LogP contribution < -0.4 is 5.32 Å². The molecule has 1 atom stereocenters. The van der Waals surface area contributed by atoms with Crippen LogP contribution in [-0.4, -0.2) is 60.5 Å². The molecule has 0 aromatic heterocycles. The molecule has 1 N–H and O–H groups in total. The zero-order valence-electron chi connectivity index (χ0n) is 11.9. The Hall–Kier alpha value is -0.610. The summed E-state index contributed by atoms with van der Waals surface area (Å²) in [6, 6.07) is 0. The van der Waals surface area contributed by atoms with E-state index >= 15 is 0 Å². The summed E-state index contributed by atoms with van der Waals surface area (Å²) in [7, 11) is 0. The van der Waals surface area contributed by atoms with E-state index in [1.165, 1.54) is 19.3 Å². The summed E-state index contributed by atoms with van der Waals surface area (Å²) in [5.74, 6) is 0.318. The molecule has 0 bridgehead atoms. The van der Waals surface area contributed by atoms with E-state index in [0.29, 0.717) is 5.91 Å². The number of piperazine rings is 1. The average Bonchev–Trinajstić information content (AvgIpc) is 2.40. The minimum absolute atomic E-state index is 0.300. The van der Waals surface area contributed by atoms with Gasteiger partial charge in [-0.15, -0.1) is 0 Å². The first-order valence-corrected chi connectivity index (χ1v) is 7.42. The zero-order valence-corrected chi connectivity index (χ0v) is 11.9. The second kappa shape index (κ2) is 6.02. The number of nitrogens with zero attached hydrogens (tertiary/aromatic N) is 2. The standard InChI is InChI=1S/C14H27N3O/c1-3-8-16-9-11-17(12-10-16)13(18)14(2)6-4-5-7-15-14/h15H,3-12H2,1-2H3. The fraction of sp³-hybridized carbons (Fsp3) is 0.929. The van der Waals surface area contributed by atoms with Crippen molar-refractivity contribution in [3.05, 3.63) is 0 Å². The number of rotatable bonds is 3. The van der Waals surface area contributed by atoms with Gasteiger partial charge >= 0.3 is 0 Å². The molecular weight excluding hydrogens is 226 g/mol. The highest BCUT2D eigenvalue weighted by atomic mass is 16.2. The molecule has 2 fully saturated rings. The minimum Gasteiger partial charge on any atom is -0.339 e. The van der Waals surface area contributed by atoms with Crippen molar-refractivity contribution >= 4 is 5.91 Å². The third kappa shape index (κ3) is 3.04. The summed E-state index contributed by atoms with van der Waals surface area (Å²) >= 11 is 0. The van der Waals surface area contributed by atoms with Crippen molar-refractivity contribution in [2.24, 2.45) is 0 Å². The van der Waals surface area contributed by atoms with Gasteiger partial charge in [0.05, 0.1) is 5.54 Å². The van der Waals surface area contributed by atoms with Crippen molar-refractivity contribution in [3.8, 4) is 0 Å². The first-order valence-electron chi connectivity index (χ1n) is 7.42. The van der Waals surface area contributed by atoms with Gasteiger partial charge in [-0.2, -0.15) is 0 Å². The number of hydrogen-bond acceptors (Lipinski definition) is 3. The third-order valence-corrected chi connectivity index (χ3v) is 4.29. The summed E-state index contributed by atoms with van der Waals surface area (Å²) in [6.07, 6.45) is 4.56. The van der Waals surface area contributed by atoms with Gasteiger partial charge in [0.15, 0.2) is 0 Å². The van der Waals surface area contributed by atoms with Crippen LogP contribution in [0.15, 0.2) is 0 Å². The molecule has 2 heterocycles. The smallest absolute Gasteiger partial charge is 0.242 e. The molecule has 2 aliphatic rings. The van der Waals surface area contributed by atoms with E-state index < -0.39 is 0 Å². The van der Waals surface area contributed by atoms with Crippen LogP contribution in [0.3, 0.4) is 0 Å². The number of hydrogen-bond donors (Lipinski definition) is 1. The number of nitrogens with one attached hydrogen (secondary N) is 1. The van der Waals surface area contributed by atoms with Crippen LogP contribution in [0.25, 0.3) is 0 Å². The predicted octanol–water partition coefficient (Wildman–Crippen LogP) is 1.07. The lowest BCUT2D eigenvalue weighted by molar-refractivity contribution is -0.140. The second-order valence-electron chi connectivity index (χ2n) is 5.85. The second-order valence-corrected chi connectivity index (χ2v) is 5.85. The van der Waals surface area contributed by atoms with Crippen LogP contribution in [0.1, 0.15) is 39.5 Å². The number of carbonyl (C=O) groups excluding carboxylic acids is 1. The Morgan fingerprint density at radius 3 is 2.50 bits per heavy atom. The minimum atomic E-state index is -0.300. The number of piperidine rings is 1. The first-order chi connectivity index (χ1) is 8.65. The van der Waals surface area contributed by atoms with Gasteiger partial charge in [0.2, 0.25) is 5.91 Å². The fourth-order valence-electron chi connectivity index (χ4n) is 3.08. The zero-order chi connectivity index (χ0) is 13.0. The van der Waals surface area contributed by atoms with Gasteiger partial charge in [-0.25, -0.2) is 0 Å². The lowest BCUT2D eigenvalue weighted by Crippen LogP contribution is -2.61. The van der Waals surface area contributed by atoms with Crippen molar-refractivity contribution in [1.29, 1.82) is 0 Å². The summed E-state index contributed by atoms with van der Waals surface area (Å²) in [4.78, 5) is 17.1. The van der Waals surface area contributed by atoms with Crippen LogP contribution in [0, 0.1) is 0 Å². The molecule has 2 rings (SSSR count). The number of carbonyl (C=O) groups is 1. The van der Waals surface area contributed by atoms with E-state index in [-0.39, 0.29) is 5.54 Å². The van der Waals surface area contributed by atoms with Gasteiger partial charge in [-0.1, -0.05) is 6.92 Å². The Kier molecular flexibility index (Phi) is 4.62. The summed E-state index contributed by atoms with van der Waals surface area (Å²) < 4.78 is 0. The van der Waals surface area contributed by atoms with Crippen LogP contribution >= 0.6 is 0 Å². The predicted molar refractivity (Wildman–Crippen MR) is 73.6 cm³/mol. The Labute approximate surface area is 111 Å². The van der Waals surface area contributed by atoms with E-state index in [0.717, 1.165) is 45.7 Å². The summed E-state index contributed by atoms with van der Waals surface area (Å²) in [6.45, 7) is 10.3. The molecular formula is C14H27N3O. The normalized spacial score (nSPS) is 30.4. The lowest BCUT2D eigenvalue weighted by Gasteiger charge is -2.41. The molecule has 0 aliphatic carbocycles. The van der Waals surface area contributed by atoms with Crippen LogP contribution in [0.2, 0.25) is 0 Å². The molecule has 0 saturated carbocycles. The highest BCUT2D eigenvalue weighted by Crippen LogP contribution is 2.22. The molecule has 2 saturated heterocycles. The monoisotopic (exact) mass is 253 g/mol. The lowest BCUT2D eigenvalue weighted by atomic mass is 9.89. The van der Waals surface area contributed by atoms with Crippen molar-refractivity contribution in [2.75, 3.05) is 39.3 Å². The van der Waals surface area contributed by atoms with Gasteiger partial charge in [0, 0.05) is 26.2 Å². The molecule has 4 nitrogen and oxygen atoms in total. The van der Waals surface area contributed by atoms with Crippen molar-refractivity contribution in [1.82, 2.24) is 15.1 Å². The molecule has 0 radical (unpaired) electrons. The van der Waals surface area contributed by atoms with E-state index in [4.69, 9.17) is 0 Å². The maximum atomic E-state index is 12.6. The van der Waals surface area contributed by atoms with Gasteiger partial charge < -0.3 is 10.2 Å². The fourth-order valence-corrected chi connectivity index (χ4v) is 3.08. The highest BCUT2D eigenvalue weighted by molar-refractivity contribution is 5.86. The van der Waals surface area contributed by atoms with Gasteiger partial charge in [-0.3, -0.25) is 9.69 Å². The maximum Gasteiger partial charge on any atom is 0.242 e.